The van der Waals surface area contributed by atoms with E-state index in [0.29, 0.717) is 23.7 Å². The predicted molar refractivity (Wildman–Crippen MR) is 95.5 cm³/mol. The van der Waals surface area contributed by atoms with Crippen LogP contribution in [0.3, 0.4) is 0 Å². The number of benzene rings is 2. The monoisotopic (exact) mass is 342 g/mol. The highest BCUT2D eigenvalue weighted by Gasteiger charge is 2.15. The van der Waals surface area contributed by atoms with Gasteiger partial charge in [-0.3, -0.25) is 0 Å². The van der Waals surface area contributed by atoms with Crippen molar-refractivity contribution in [1.29, 1.82) is 0 Å². The average Bonchev–Trinajstić information content (AvgIpc) is 2.66. The van der Waals surface area contributed by atoms with E-state index in [2.05, 4.69) is 0 Å². The molecule has 0 fully saturated rings. The Morgan fingerprint density at radius 3 is 2.48 bits per heavy atom. The Hall–Kier alpha value is -2.79. The molecule has 0 radical (unpaired) electrons. The first kappa shape index (κ1) is 18.5. The summed E-state index contributed by atoms with van der Waals surface area (Å²) in [5.74, 6) is 0.892. The molecule has 0 aliphatic carbocycles. The van der Waals surface area contributed by atoms with Crippen LogP contribution in [0.25, 0.3) is 5.57 Å². The number of carbonyl (C=O) groups excluding carboxylic acids is 1. The van der Waals surface area contributed by atoms with Crippen LogP contribution in [-0.4, -0.2) is 31.4 Å². The number of ether oxygens (including phenoxy) is 3. The fraction of sp³-hybridized carbons (Fsp3) is 0.250. The molecular weight excluding hydrogens is 320 g/mol. The Morgan fingerprint density at radius 2 is 1.80 bits per heavy atom. The summed E-state index contributed by atoms with van der Waals surface area (Å²) in [4.78, 5) is 11.9. The summed E-state index contributed by atoms with van der Waals surface area (Å²) in [6.45, 7) is 2.29. The summed E-state index contributed by atoms with van der Waals surface area (Å²) in [5.41, 5.74) is 2.16. The largest absolute Gasteiger partial charge is 0.491 e. The smallest absolute Gasteiger partial charge is 0.338 e. The van der Waals surface area contributed by atoms with Gasteiger partial charge in [0.1, 0.15) is 24.7 Å². The zero-order valence-corrected chi connectivity index (χ0v) is 14.4. The maximum Gasteiger partial charge on any atom is 0.338 e. The van der Waals surface area contributed by atoms with Crippen LogP contribution >= 0.6 is 0 Å². The number of aliphatic hydroxyl groups excluding tert-OH is 1. The van der Waals surface area contributed by atoms with Gasteiger partial charge in [0.15, 0.2) is 0 Å². The normalized spacial score (nSPS) is 11.1. The number of rotatable bonds is 8. The van der Waals surface area contributed by atoms with E-state index in [1.807, 2.05) is 36.4 Å². The first-order valence-corrected chi connectivity index (χ1v) is 7.99. The van der Waals surface area contributed by atoms with E-state index in [0.717, 1.165) is 11.1 Å². The number of carbonyl (C=O) groups is 1. The molecule has 0 atom stereocenters. The van der Waals surface area contributed by atoms with Crippen molar-refractivity contribution in [2.75, 3.05) is 20.3 Å². The van der Waals surface area contributed by atoms with Gasteiger partial charge in [0, 0.05) is 6.07 Å². The quantitative estimate of drug-likeness (QED) is 0.589. The molecule has 0 spiro atoms. The van der Waals surface area contributed by atoms with Gasteiger partial charge in [0.05, 0.1) is 19.3 Å². The maximum atomic E-state index is 11.9. The highest BCUT2D eigenvalue weighted by Crippen LogP contribution is 2.24. The third kappa shape index (κ3) is 5.09. The molecule has 0 saturated carbocycles. The van der Waals surface area contributed by atoms with E-state index in [1.165, 1.54) is 7.11 Å². The van der Waals surface area contributed by atoms with Gasteiger partial charge in [-0.25, -0.2) is 4.79 Å². The molecule has 0 aliphatic heterocycles. The maximum absolute atomic E-state index is 11.9. The number of allylic oxidation sites excluding steroid dienone is 1. The summed E-state index contributed by atoms with van der Waals surface area (Å²) in [6.07, 6.45) is 1.73. The van der Waals surface area contributed by atoms with Gasteiger partial charge in [0.2, 0.25) is 0 Å². The van der Waals surface area contributed by atoms with Gasteiger partial charge in [0.25, 0.3) is 0 Å². The minimum absolute atomic E-state index is 0.0435. The van der Waals surface area contributed by atoms with E-state index >= 15 is 0 Å². The predicted octanol–water partition coefficient (Wildman–Crippen LogP) is 3.21. The van der Waals surface area contributed by atoms with Crippen LogP contribution < -0.4 is 9.47 Å². The summed E-state index contributed by atoms with van der Waals surface area (Å²) in [6, 6.07) is 14.7. The molecule has 1 N–H and O–H groups in total. The molecule has 0 saturated heterocycles. The minimum Gasteiger partial charge on any atom is -0.491 e. The van der Waals surface area contributed by atoms with Crippen LogP contribution in [0.2, 0.25) is 0 Å². The molecule has 2 aromatic carbocycles. The Balaban J connectivity index is 2.15. The van der Waals surface area contributed by atoms with E-state index in [-0.39, 0.29) is 19.2 Å². The SMILES string of the molecule is CC=C(C(=O)OC)c1ccccc1COc1cccc(OCCO)c1. The summed E-state index contributed by atoms with van der Waals surface area (Å²) < 4.78 is 16.1. The molecule has 132 valence electrons. The van der Waals surface area contributed by atoms with Gasteiger partial charge >= 0.3 is 5.97 Å². The molecule has 0 aliphatic rings. The molecule has 2 rings (SSSR count). The van der Waals surface area contributed by atoms with Crippen LogP contribution in [0, 0.1) is 0 Å². The van der Waals surface area contributed by atoms with Crippen molar-refractivity contribution in [3.63, 3.8) is 0 Å². The zero-order chi connectivity index (χ0) is 18.1. The molecule has 0 bridgehead atoms. The number of esters is 1. The topological polar surface area (TPSA) is 65.0 Å². The number of methoxy groups -OCH3 is 1. The van der Waals surface area contributed by atoms with Crippen LogP contribution in [0.15, 0.2) is 54.6 Å². The Kier molecular flexibility index (Phi) is 7.04. The van der Waals surface area contributed by atoms with E-state index in [9.17, 15) is 4.79 Å². The Bertz CT molecular complexity index is 736. The Morgan fingerprint density at radius 1 is 1.08 bits per heavy atom. The van der Waals surface area contributed by atoms with Crippen molar-refractivity contribution in [3.05, 3.63) is 65.7 Å². The lowest BCUT2D eigenvalue weighted by Gasteiger charge is -2.13. The minimum atomic E-state index is -0.380. The highest BCUT2D eigenvalue weighted by molar-refractivity contribution is 6.16. The summed E-state index contributed by atoms with van der Waals surface area (Å²) >= 11 is 0. The number of hydrogen-bond donors (Lipinski definition) is 1. The molecule has 25 heavy (non-hydrogen) atoms. The molecule has 0 amide bonds. The lowest BCUT2D eigenvalue weighted by atomic mass is 10.00. The summed E-state index contributed by atoms with van der Waals surface area (Å²) in [7, 11) is 1.36. The second-order valence-electron chi connectivity index (χ2n) is 5.19. The van der Waals surface area contributed by atoms with Crippen molar-refractivity contribution in [1.82, 2.24) is 0 Å². The van der Waals surface area contributed by atoms with Gasteiger partial charge in [-0.05, 0) is 30.2 Å². The van der Waals surface area contributed by atoms with E-state index in [4.69, 9.17) is 19.3 Å². The van der Waals surface area contributed by atoms with Crippen LogP contribution in [-0.2, 0) is 16.1 Å². The van der Waals surface area contributed by atoms with Crippen LogP contribution in [0.5, 0.6) is 11.5 Å². The standard InChI is InChI=1S/C20H22O5/c1-3-18(20(22)23-2)19-10-5-4-7-15(19)14-25-17-9-6-8-16(13-17)24-12-11-21/h3-10,13,21H,11-12,14H2,1-2H3. The molecule has 5 heteroatoms. The van der Waals surface area contributed by atoms with Crippen molar-refractivity contribution < 1.29 is 24.1 Å². The highest BCUT2D eigenvalue weighted by atomic mass is 16.5. The van der Waals surface area contributed by atoms with Gasteiger partial charge < -0.3 is 19.3 Å². The first-order valence-electron chi connectivity index (χ1n) is 7.99. The van der Waals surface area contributed by atoms with Crippen molar-refractivity contribution in [2.24, 2.45) is 0 Å². The van der Waals surface area contributed by atoms with Crippen molar-refractivity contribution in [3.8, 4) is 11.5 Å². The molecule has 5 nitrogen and oxygen atoms in total. The van der Waals surface area contributed by atoms with E-state index < -0.39 is 0 Å². The second-order valence-corrected chi connectivity index (χ2v) is 5.19. The fourth-order valence-corrected chi connectivity index (χ4v) is 2.38. The third-order valence-corrected chi connectivity index (χ3v) is 3.56. The second kappa shape index (κ2) is 9.49. The first-order chi connectivity index (χ1) is 12.2. The van der Waals surface area contributed by atoms with Crippen molar-refractivity contribution in [2.45, 2.75) is 13.5 Å². The zero-order valence-electron chi connectivity index (χ0n) is 14.4. The lowest BCUT2D eigenvalue weighted by molar-refractivity contribution is -0.133. The van der Waals surface area contributed by atoms with Gasteiger partial charge in [-0.1, -0.05) is 36.4 Å². The third-order valence-electron chi connectivity index (χ3n) is 3.56. The molecule has 2 aromatic rings. The molecule has 0 aromatic heterocycles. The van der Waals surface area contributed by atoms with E-state index in [1.54, 1.807) is 25.1 Å². The van der Waals surface area contributed by atoms with Gasteiger partial charge in [-0.15, -0.1) is 0 Å². The lowest BCUT2D eigenvalue weighted by Crippen LogP contribution is -2.07. The van der Waals surface area contributed by atoms with Crippen molar-refractivity contribution >= 4 is 11.5 Å². The average molecular weight is 342 g/mol. The fourth-order valence-electron chi connectivity index (χ4n) is 2.38. The number of hydrogen-bond acceptors (Lipinski definition) is 5. The number of aliphatic hydroxyl groups is 1. The Labute approximate surface area is 147 Å². The van der Waals surface area contributed by atoms with Gasteiger partial charge in [-0.2, -0.15) is 0 Å². The van der Waals surface area contributed by atoms with Crippen LogP contribution in [0.1, 0.15) is 18.1 Å². The molecule has 0 unspecified atom stereocenters. The summed E-state index contributed by atoms with van der Waals surface area (Å²) in [5, 5.41) is 8.82. The molecular formula is C20H22O5. The van der Waals surface area contributed by atoms with Crippen LogP contribution in [0.4, 0.5) is 0 Å². The molecule has 0 heterocycles.